The third-order valence-electron chi connectivity index (χ3n) is 6.46. The smallest absolute Gasteiger partial charge is 0.272 e. The van der Waals surface area contributed by atoms with Gasteiger partial charge in [-0.3, -0.25) is 14.4 Å². The maximum atomic E-state index is 13.3. The summed E-state index contributed by atoms with van der Waals surface area (Å²) in [6, 6.07) is 33.8. The van der Waals surface area contributed by atoms with E-state index in [9.17, 15) is 14.4 Å². The molecule has 42 heavy (non-hydrogen) atoms. The summed E-state index contributed by atoms with van der Waals surface area (Å²) in [6.07, 6.45) is 4.81. The highest BCUT2D eigenvalue weighted by Crippen LogP contribution is 2.24. The van der Waals surface area contributed by atoms with Crippen LogP contribution in [0.15, 0.2) is 127 Å². The third-order valence-corrected chi connectivity index (χ3v) is 7.02. The van der Waals surface area contributed by atoms with Crippen LogP contribution in [0.4, 0.5) is 5.69 Å². The van der Waals surface area contributed by atoms with Gasteiger partial charge in [0, 0.05) is 26.9 Å². The van der Waals surface area contributed by atoms with E-state index in [2.05, 4.69) is 10.6 Å². The molecule has 0 saturated heterocycles. The number of hydrogen-bond acceptors (Lipinski definition) is 3. The Bertz CT molecular complexity index is 1840. The van der Waals surface area contributed by atoms with Gasteiger partial charge in [0.05, 0.1) is 0 Å². The van der Waals surface area contributed by atoms with Crippen molar-refractivity contribution >= 4 is 69.4 Å². The first kappa shape index (κ1) is 28.6. The maximum Gasteiger partial charge on any atom is 0.272 e. The molecule has 5 nitrogen and oxygen atoms in total. The molecule has 5 rings (SSSR count). The van der Waals surface area contributed by atoms with Gasteiger partial charge in [-0.05, 0) is 82.6 Å². The molecule has 2 N–H and O–H groups in total. The average molecular weight is 591 g/mol. The van der Waals surface area contributed by atoms with Crippen LogP contribution < -0.4 is 10.6 Å². The Morgan fingerprint density at radius 1 is 0.667 bits per heavy atom. The highest BCUT2D eigenvalue weighted by molar-refractivity contribution is 6.35. The molecular weight excluding hydrogens is 567 g/mol. The number of nitrogens with one attached hydrogen (secondary N) is 2. The molecule has 0 aliphatic heterocycles. The molecular formula is C35H24Cl2N2O3. The van der Waals surface area contributed by atoms with Gasteiger partial charge in [0.15, 0.2) is 5.78 Å². The second-order valence-corrected chi connectivity index (χ2v) is 10.2. The molecule has 206 valence electrons. The first-order valence-corrected chi connectivity index (χ1v) is 13.8. The van der Waals surface area contributed by atoms with Crippen LogP contribution in [-0.4, -0.2) is 17.6 Å². The second kappa shape index (κ2) is 13.1. The summed E-state index contributed by atoms with van der Waals surface area (Å²) in [7, 11) is 0. The van der Waals surface area contributed by atoms with E-state index in [4.69, 9.17) is 23.2 Å². The predicted molar refractivity (Wildman–Crippen MR) is 171 cm³/mol. The summed E-state index contributed by atoms with van der Waals surface area (Å²) < 4.78 is 0. The summed E-state index contributed by atoms with van der Waals surface area (Å²) in [5.41, 5.74) is 2.72. The highest BCUT2D eigenvalue weighted by Gasteiger charge is 2.16. The molecule has 0 spiro atoms. The van der Waals surface area contributed by atoms with Gasteiger partial charge in [0.2, 0.25) is 0 Å². The van der Waals surface area contributed by atoms with Crippen molar-refractivity contribution in [3.63, 3.8) is 0 Å². The summed E-state index contributed by atoms with van der Waals surface area (Å²) >= 11 is 12.3. The van der Waals surface area contributed by atoms with Crippen molar-refractivity contribution in [2.45, 2.75) is 0 Å². The van der Waals surface area contributed by atoms with Crippen molar-refractivity contribution in [2.75, 3.05) is 5.32 Å². The highest BCUT2D eigenvalue weighted by atomic mass is 35.5. The van der Waals surface area contributed by atoms with Gasteiger partial charge in [-0.2, -0.15) is 0 Å². The number of rotatable bonds is 8. The van der Waals surface area contributed by atoms with Gasteiger partial charge < -0.3 is 10.6 Å². The minimum absolute atomic E-state index is 0.0220. The molecule has 5 aromatic carbocycles. The van der Waals surface area contributed by atoms with Crippen LogP contribution in [0.25, 0.3) is 22.9 Å². The lowest BCUT2D eigenvalue weighted by molar-refractivity contribution is -0.113. The van der Waals surface area contributed by atoms with Crippen LogP contribution in [0.5, 0.6) is 0 Å². The second-order valence-electron chi connectivity index (χ2n) is 9.34. The number of amides is 2. The molecule has 0 bridgehead atoms. The predicted octanol–water partition coefficient (Wildman–Crippen LogP) is 8.45. The molecule has 0 aliphatic rings. The van der Waals surface area contributed by atoms with E-state index in [1.807, 2.05) is 42.5 Å². The van der Waals surface area contributed by atoms with Gasteiger partial charge >= 0.3 is 0 Å². The Labute approximate surface area is 253 Å². The van der Waals surface area contributed by atoms with E-state index in [0.29, 0.717) is 32.4 Å². The van der Waals surface area contributed by atoms with E-state index >= 15 is 0 Å². The fraction of sp³-hybridized carbons (Fsp3) is 0. The first-order valence-electron chi connectivity index (χ1n) is 13.0. The zero-order valence-corrected chi connectivity index (χ0v) is 23.7. The number of ketones is 1. The number of anilines is 1. The van der Waals surface area contributed by atoms with Crippen molar-refractivity contribution in [3.8, 4) is 0 Å². The molecule has 7 heteroatoms. The largest absolute Gasteiger partial charge is 0.321 e. The fourth-order valence-electron chi connectivity index (χ4n) is 4.29. The Morgan fingerprint density at radius 3 is 2.14 bits per heavy atom. The minimum atomic E-state index is -0.569. The molecule has 0 aliphatic carbocycles. The van der Waals surface area contributed by atoms with E-state index < -0.39 is 11.8 Å². The zero-order valence-electron chi connectivity index (χ0n) is 22.2. The summed E-state index contributed by atoms with van der Waals surface area (Å²) in [5.74, 6) is -1.20. The lowest BCUT2D eigenvalue weighted by Gasteiger charge is -2.12. The molecule has 0 unspecified atom stereocenters. The van der Waals surface area contributed by atoms with Crippen LogP contribution in [0.1, 0.15) is 31.8 Å². The van der Waals surface area contributed by atoms with E-state index in [1.54, 1.807) is 78.9 Å². The van der Waals surface area contributed by atoms with Crippen LogP contribution in [0.3, 0.4) is 0 Å². The monoisotopic (exact) mass is 590 g/mol. The standard InChI is InChI=1S/C35H24Cl2N2O3/c36-28-17-13-27(31(37)22-28)21-32(39-34(41)26-8-2-1-3-9-26)35(42)38-29-18-14-25(15-19-29)33(40)20-16-24-11-6-10-23-7-4-5-12-30(23)24/h1-22H,(H,38,42)(H,39,41)/b20-16+,32-21-. The lowest BCUT2D eigenvalue weighted by atomic mass is 10.0. The van der Waals surface area contributed by atoms with Gasteiger partial charge in [-0.15, -0.1) is 0 Å². The van der Waals surface area contributed by atoms with E-state index in [0.717, 1.165) is 16.3 Å². The number of carbonyl (C=O) groups excluding carboxylic acids is 3. The van der Waals surface area contributed by atoms with Crippen LogP contribution in [0, 0.1) is 0 Å². The Kier molecular flexibility index (Phi) is 8.93. The molecule has 5 aromatic rings. The SMILES string of the molecule is O=C(Nc1ccc(C(=O)/C=C/c2cccc3ccccc23)cc1)/C(=C/c1ccc(Cl)cc1Cl)NC(=O)c1ccccc1. The molecule has 0 saturated carbocycles. The normalized spacial score (nSPS) is 11.4. The molecule has 2 amide bonds. The number of hydrogen-bond donors (Lipinski definition) is 2. The Hall–Kier alpha value is -4.97. The van der Waals surface area contributed by atoms with Crippen molar-refractivity contribution < 1.29 is 14.4 Å². The third kappa shape index (κ3) is 7.02. The quantitative estimate of drug-likeness (QED) is 0.140. The maximum absolute atomic E-state index is 13.3. The molecule has 0 atom stereocenters. The van der Waals surface area contributed by atoms with Crippen LogP contribution >= 0.6 is 23.2 Å². The number of allylic oxidation sites excluding steroid dienone is 1. The molecule has 0 aromatic heterocycles. The summed E-state index contributed by atoms with van der Waals surface area (Å²) in [4.78, 5) is 39.0. The average Bonchev–Trinajstić information content (AvgIpc) is 3.01. The topological polar surface area (TPSA) is 75.3 Å². The first-order chi connectivity index (χ1) is 20.4. The number of benzene rings is 5. The summed E-state index contributed by atoms with van der Waals surface area (Å²) in [6.45, 7) is 0. The molecule has 0 heterocycles. The Balaban J connectivity index is 1.33. The van der Waals surface area contributed by atoms with Gasteiger partial charge in [-0.25, -0.2) is 0 Å². The summed E-state index contributed by atoms with van der Waals surface area (Å²) in [5, 5.41) is 8.37. The fourth-order valence-corrected chi connectivity index (χ4v) is 4.75. The van der Waals surface area contributed by atoms with E-state index in [-0.39, 0.29) is 11.5 Å². The van der Waals surface area contributed by atoms with Gasteiger partial charge in [0.1, 0.15) is 5.70 Å². The number of fused-ring (bicyclic) bond motifs is 1. The van der Waals surface area contributed by atoms with Crippen molar-refractivity contribution in [3.05, 3.63) is 159 Å². The van der Waals surface area contributed by atoms with Crippen molar-refractivity contribution in [1.82, 2.24) is 5.32 Å². The van der Waals surface area contributed by atoms with Gasteiger partial charge in [0.25, 0.3) is 11.8 Å². The van der Waals surface area contributed by atoms with Crippen LogP contribution in [-0.2, 0) is 4.79 Å². The Morgan fingerprint density at radius 2 is 1.38 bits per heavy atom. The van der Waals surface area contributed by atoms with Gasteiger partial charge in [-0.1, -0.05) is 96.0 Å². The number of halogens is 2. The van der Waals surface area contributed by atoms with Crippen molar-refractivity contribution in [2.24, 2.45) is 0 Å². The van der Waals surface area contributed by atoms with E-state index in [1.165, 1.54) is 12.2 Å². The van der Waals surface area contributed by atoms with Crippen LogP contribution in [0.2, 0.25) is 10.0 Å². The minimum Gasteiger partial charge on any atom is -0.321 e. The van der Waals surface area contributed by atoms with Crippen molar-refractivity contribution in [1.29, 1.82) is 0 Å². The molecule has 0 radical (unpaired) electrons. The zero-order chi connectivity index (χ0) is 29.5. The number of carbonyl (C=O) groups is 3. The molecule has 0 fully saturated rings. The lowest BCUT2D eigenvalue weighted by Crippen LogP contribution is -2.30.